The Morgan fingerprint density at radius 3 is 2.05 bits per heavy atom. The van der Waals surface area contributed by atoms with Crippen LogP contribution in [0.5, 0.6) is 23.0 Å². The Morgan fingerprint density at radius 1 is 0.756 bits per heavy atom. The molecule has 208 valence electrons. The molecule has 4 aromatic carbocycles. The second-order valence-electron chi connectivity index (χ2n) is 10.3. The number of hydrogen-bond acceptors (Lipinski definition) is 7. The highest BCUT2D eigenvalue weighted by molar-refractivity contribution is 7.87. The van der Waals surface area contributed by atoms with Gasteiger partial charge in [0.1, 0.15) is 34.4 Å². The molecule has 8 heteroatoms. The molecule has 2 heterocycles. The highest BCUT2D eigenvalue weighted by Gasteiger charge is 2.53. The van der Waals surface area contributed by atoms with Gasteiger partial charge in [0.15, 0.2) is 0 Å². The first kappa shape index (κ1) is 26.7. The van der Waals surface area contributed by atoms with Crippen LogP contribution in [0.25, 0.3) is 23.3 Å². The van der Waals surface area contributed by atoms with E-state index >= 15 is 0 Å². The Bertz CT molecular complexity index is 1750. The third-order valence-electron chi connectivity index (χ3n) is 7.46. The lowest BCUT2D eigenvalue weighted by molar-refractivity contribution is 0.128. The van der Waals surface area contributed by atoms with Gasteiger partial charge in [0, 0.05) is 12.5 Å². The lowest BCUT2D eigenvalue weighted by atomic mass is 9.83. The number of aryl methyl sites for hydroxylation is 1. The molecule has 0 saturated carbocycles. The van der Waals surface area contributed by atoms with Crippen molar-refractivity contribution in [3.05, 3.63) is 119 Å². The molecule has 0 radical (unpaired) electrons. The maximum atomic E-state index is 13.5. The maximum absolute atomic E-state index is 13.5. The molecule has 0 amide bonds. The minimum absolute atomic E-state index is 0.0270. The third-order valence-corrected chi connectivity index (χ3v) is 9.05. The summed E-state index contributed by atoms with van der Waals surface area (Å²) in [6.45, 7) is 1.80. The summed E-state index contributed by atoms with van der Waals surface area (Å²) >= 11 is 0. The number of phenols is 3. The highest BCUT2D eigenvalue weighted by atomic mass is 32.2. The molecule has 41 heavy (non-hydrogen) atoms. The summed E-state index contributed by atoms with van der Waals surface area (Å²) in [5.74, 6) is 0.390. The highest BCUT2D eigenvalue weighted by Crippen LogP contribution is 2.51. The molecule has 3 unspecified atom stereocenters. The van der Waals surface area contributed by atoms with Gasteiger partial charge in [-0.15, -0.1) is 0 Å². The smallest absolute Gasteiger partial charge is 0.315 e. The minimum Gasteiger partial charge on any atom is -0.508 e. The third kappa shape index (κ3) is 5.31. The van der Waals surface area contributed by atoms with Gasteiger partial charge < -0.3 is 24.2 Å². The summed E-state index contributed by atoms with van der Waals surface area (Å²) in [5.41, 5.74) is 5.60. The first-order valence-electron chi connectivity index (χ1n) is 13.2. The van der Waals surface area contributed by atoms with Crippen molar-refractivity contribution in [1.29, 1.82) is 0 Å². The number of ether oxygens (including phenoxy) is 1. The van der Waals surface area contributed by atoms with Crippen LogP contribution in [-0.2, 0) is 14.9 Å². The van der Waals surface area contributed by atoms with Crippen molar-refractivity contribution >= 4 is 33.4 Å². The summed E-state index contributed by atoms with van der Waals surface area (Å²) in [6, 6.07) is 25.9. The number of aromatic hydroxyl groups is 3. The molecule has 2 bridgehead atoms. The van der Waals surface area contributed by atoms with Gasteiger partial charge in [-0.2, -0.15) is 8.42 Å². The average molecular weight is 569 g/mol. The van der Waals surface area contributed by atoms with Crippen LogP contribution in [-0.4, -0.2) is 41.2 Å². The summed E-state index contributed by atoms with van der Waals surface area (Å²) < 4.78 is 39.0. The van der Waals surface area contributed by atoms with Crippen molar-refractivity contribution in [3.8, 4) is 23.0 Å². The van der Waals surface area contributed by atoms with Crippen molar-refractivity contribution < 1.29 is 32.7 Å². The first-order chi connectivity index (χ1) is 19.7. The fourth-order valence-corrected chi connectivity index (χ4v) is 6.98. The number of para-hydroxylation sites is 1. The number of rotatable bonds is 7. The summed E-state index contributed by atoms with van der Waals surface area (Å²) in [4.78, 5) is 0. The Morgan fingerprint density at radius 2 is 1.37 bits per heavy atom. The quantitative estimate of drug-likeness (QED) is 0.181. The van der Waals surface area contributed by atoms with E-state index in [0.29, 0.717) is 11.3 Å². The number of benzene rings is 4. The monoisotopic (exact) mass is 568 g/mol. The molecule has 7 nitrogen and oxygen atoms in total. The van der Waals surface area contributed by atoms with Crippen molar-refractivity contribution in [2.45, 2.75) is 30.8 Å². The second kappa shape index (κ2) is 10.5. The molecular weight excluding hydrogens is 540 g/mol. The molecule has 1 saturated heterocycles. The topological polar surface area (TPSA) is 113 Å². The number of fused-ring (bicyclic) bond motifs is 2. The molecular formula is C33H28O7S. The van der Waals surface area contributed by atoms with Crippen LogP contribution in [0.2, 0.25) is 0 Å². The molecule has 3 N–H and O–H groups in total. The standard InChI is InChI=1S/C33H28O7S/c1-20-4-2-3-5-28(20)40-41(37,38)30-19-29-31(23-12-14-25(34)15-13-23)32(33(30)39-29)24-10-8-21(9-11-24)6-7-22-16-26(35)18-27(36)17-22/h2-18,29-30,33-36H,19H2,1H3/b7-6+. The van der Waals surface area contributed by atoms with E-state index in [0.717, 1.165) is 33.4 Å². The largest absolute Gasteiger partial charge is 0.508 e. The van der Waals surface area contributed by atoms with Gasteiger partial charge in [0.05, 0.1) is 6.10 Å². The van der Waals surface area contributed by atoms with E-state index in [1.165, 1.54) is 6.07 Å². The average Bonchev–Trinajstić information content (AvgIpc) is 3.54. The lowest BCUT2D eigenvalue weighted by Crippen LogP contribution is -2.35. The van der Waals surface area contributed by atoms with Crippen molar-refractivity contribution in [2.75, 3.05) is 0 Å². The van der Waals surface area contributed by atoms with Crippen molar-refractivity contribution in [1.82, 2.24) is 0 Å². The van der Waals surface area contributed by atoms with Gasteiger partial charge in [0.2, 0.25) is 0 Å². The van der Waals surface area contributed by atoms with Crippen LogP contribution in [0, 0.1) is 6.92 Å². The van der Waals surface area contributed by atoms with E-state index in [4.69, 9.17) is 8.92 Å². The summed E-state index contributed by atoms with van der Waals surface area (Å²) in [5, 5.41) is 28.4. The fourth-order valence-electron chi connectivity index (χ4n) is 5.51. The van der Waals surface area contributed by atoms with Crippen molar-refractivity contribution in [3.63, 3.8) is 0 Å². The van der Waals surface area contributed by atoms with Crippen LogP contribution < -0.4 is 4.18 Å². The SMILES string of the molecule is Cc1ccccc1OS(=O)(=O)C1CC2OC1C(c1ccc(/C=C/c3cc(O)cc(O)c3)cc1)=C2c1ccc(O)cc1. The normalized spacial score (nSPS) is 20.2. The van der Waals surface area contributed by atoms with Crippen LogP contribution in [0.1, 0.15) is 34.2 Å². The van der Waals surface area contributed by atoms with Gasteiger partial charge in [-0.1, -0.05) is 66.7 Å². The van der Waals surface area contributed by atoms with Gasteiger partial charge in [-0.3, -0.25) is 0 Å². The van der Waals surface area contributed by atoms with Crippen molar-refractivity contribution in [2.24, 2.45) is 0 Å². The molecule has 1 fully saturated rings. The summed E-state index contributed by atoms with van der Waals surface area (Å²) in [6.07, 6.45) is 2.72. The fraction of sp³-hybridized carbons (Fsp3) is 0.152. The predicted octanol–water partition coefficient (Wildman–Crippen LogP) is 6.14. The lowest BCUT2D eigenvalue weighted by Gasteiger charge is -2.25. The van der Waals surface area contributed by atoms with Gasteiger partial charge >= 0.3 is 10.1 Å². The number of phenolic OH excluding ortho intramolecular Hbond substituents is 3. The van der Waals surface area contributed by atoms with Crippen LogP contribution >= 0.6 is 0 Å². The van der Waals surface area contributed by atoms with E-state index in [2.05, 4.69) is 0 Å². The molecule has 6 rings (SSSR count). The van der Waals surface area contributed by atoms with Crippen LogP contribution in [0.15, 0.2) is 91.0 Å². The first-order valence-corrected chi connectivity index (χ1v) is 14.6. The molecule has 4 aromatic rings. The molecule has 0 aliphatic carbocycles. The van der Waals surface area contributed by atoms with E-state index < -0.39 is 27.6 Å². The predicted molar refractivity (Wildman–Crippen MR) is 158 cm³/mol. The molecule has 2 aliphatic heterocycles. The van der Waals surface area contributed by atoms with E-state index in [9.17, 15) is 23.7 Å². The molecule has 0 aromatic heterocycles. The second-order valence-corrected chi connectivity index (χ2v) is 12.0. The molecule has 2 aliphatic rings. The van der Waals surface area contributed by atoms with E-state index in [-0.39, 0.29) is 23.7 Å². The van der Waals surface area contributed by atoms with Gasteiger partial charge in [-0.25, -0.2) is 0 Å². The zero-order valence-electron chi connectivity index (χ0n) is 22.1. The number of hydrogen-bond donors (Lipinski definition) is 3. The maximum Gasteiger partial charge on any atom is 0.315 e. The van der Waals surface area contributed by atoms with Gasteiger partial charge in [-0.05, 0) is 76.2 Å². The zero-order chi connectivity index (χ0) is 28.7. The Hall–Kier alpha value is -4.53. The Balaban J connectivity index is 1.35. The van der Waals surface area contributed by atoms with E-state index in [1.54, 1.807) is 55.5 Å². The van der Waals surface area contributed by atoms with E-state index in [1.807, 2.05) is 48.5 Å². The zero-order valence-corrected chi connectivity index (χ0v) is 23.0. The molecule has 0 spiro atoms. The van der Waals surface area contributed by atoms with Gasteiger partial charge in [0.25, 0.3) is 0 Å². The Labute approximate surface area is 238 Å². The van der Waals surface area contributed by atoms with Crippen LogP contribution in [0.3, 0.4) is 0 Å². The minimum atomic E-state index is -4.03. The van der Waals surface area contributed by atoms with Crippen LogP contribution in [0.4, 0.5) is 0 Å². The summed E-state index contributed by atoms with van der Waals surface area (Å²) in [7, 11) is -4.03. The molecule has 3 atom stereocenters. The Kier molecular flexibility index (Phi) is 6.81.